The summed E-state index contributed by atoms with van der Waals surface area (Å²) in [5.41, 5.74) is 12.9. The van der Waals surface area contributed by atoms with Crippen molar-refractivity contribution in [2.24, 2.45) is 0 Å². The van der Waals surface area contributed by atoms with Crippen molar-refractivity contribution in [2.45, 2.75) is 6.23 Å². The second kappa shape index (κ2) is 12.0. The van der Waals surface area contributed by atoms with E-state index >= 15 is 0 Å². The van der Waals surface area contributed by atoms with Gasteiger partial charge in [0.25, 0.3) is 0 Å². The van der Waals surface area contributed by atoms with Gasteiger partial charge in [0, 0.05) is 34.6 Å². The molecular formula is C49H33N3O2. The molecule has 2 aromatic heterocycles. The van der Waals surface area contributed by atoms with Crippen molar-refractivity contribution in [1.29, 1.82) is 0 Å². The van der Waals surface area contributed by atoms with Crippen molar-refractivity contribution in [2.75, 3.05) is 11.9 Å². The van der Waals surface area contributed by atoms with Gasteiger partial charge in [0.05, 0.1) is 16.7 Å². The summed E-state index contributed by atoms with van der Waals surface area (Å²) in [5.74, 6) is 1.55. The summed E-state index contributed by atoms with van der Waals surface area (Å²) in [7, 11) is 2.09. The Morgan fingerprint density at radius 2 is 1.13 bits per heavy atom. The van der Waals surface area contributed by atoms with Gasteiger partial charge in [-0.25, -0.2) is 4.98 Å². The first kappa shape index (κ1) is 30.5. The molecule has 8 aromatic carbocycles. The highest BCUT2D eigenvalue weighted by molar-refractivity contribution is 6.12. The van der Waals surface area contributed by atoms with Gasteiger partial charge in [0.2, 0.25) is 5.89 Å². The smallest absolute Gasteiger partial charge is 0.227 e. The molecule has 10 aromatic rings. The van der Waals surface area contributed by atoms with Crippen LogP contribution in [0.15, 0.2) is 180 Å². The summed E-state index contributed by atoms with van der Waals surface area (Å²) < 4.78 is 14.8. The van der Waals surface area contributed by atoms with Gasteiger partial charge in [-0.3, -0.25) is 0 Å². The van der Waals surface area contributed by atoms with E-state index in [1.807, 2.05) is 36.4 Å². The number of nitrogens with zero attached hydrogens (tertiary/aromatic N) is 3. The Kier molecular flexibility index (Phi) is 6.76. The van der Waals surface area contributed by atoms with Crippen molar-refractivity contribution in [3.8, 4) is 45.1 Å². The van der Waals surface area contributed by atoms with E-state index in [0.29, 0.717) is 5.89 Å². The minimum atomic E-state index is -0.152. The van der Waals surface area contributed by atoms with E-state index in [1.165, 1.54) is 38.1 Å². The lowest BCUT2D eigenvalue weighted by Crippen LogP contribution is -2.22. The summed E-state index contributed by atoms with van der Waals surface area (Å²) in [5, 5.41) is 4.86. The fourth-order valence-corrected chi connectivity index (χ4v) is 8.08. The van der Waals surface area contributed by atoms with E-state index in [2.05, 4.69) is 156 Å². The topological polar surface area (TPSA) is 43.4 Å². The lowest BCUT2D eigenvalue weighted by Gasteiger charge is -2.21. The number of hydrogen-bond donors (Lipinski definition) is 0. The molecule has 1 unspecified atom stereocenters. The Hall–Kier alpha value is -7.11. The minimum Gasteiger partial charge on any atom is -0.464 e. The molecular weight excluding hydrogens is 663 g/mol. The molecule has 0 saturated heterocycles. The third-order valence-corrected chi connectivity index (χ3v) is 10.9. The molecule has 3 heterocycles. The Bertz CT molecular complexity index is 3010. The van der Waals surface area contributed by atoms with E-state index in [4.69, 9.17) is 14.1 Å². The van der Waals surface area contributed by atoms with Crippen LogP contribution in [-0.2, 0) is 0 Å². The summed E-state index contributed by atoms with van der Waals surface area (Å²) in [4.78, 5) is 6.90. The lowest BCUT2D eigenvalue weighted by molar-refractivity contribution is 0.235. The third-order valence-electron chi connectivity index (χ3n) is 10.9. The van der Waals surface area contributed by atoms with Crippen LogP contribution in [0.3, 0.4) is 0 Å². The first-order chi connectivity index (χ1) is 26.6. The van der Waals surface area contributed by atoms with Crippen molar-refractivity contribution < 1.29 is 9.15 Å². The van der Waals surface area contributed by atoms with Gasteiger partial charge in [-0.1, -0.05) is 103 Å². The van der Waals surface area contributed by atoms with E-state index in [9.17, 15) is 0 Å². The van der Waals surface area contributed by atoms with Crippen LogP contribution in [0.1, 0.15) is 11.8 Å². The molecule has 1 atom stereocenters. The molecule has 0 radical (unpaired) electrons. The standard InChI is InChI=1S/C49H33N3O2/c1-51-45-11-5-7-13-47(45)54-49(51)35-20-16-33(17-21-35)38-24-27-44-41(30-38)40-29-37(23-26-43(40)52(44)39-25-22-31-8-2-3-9-36(31)28-39)32-14-18-34(19-15-32)48-50-42-10-4-6-12-46(42)53-48/h2-30,49H,1H3. The van der Waals surface area contributed by atoms with Crippen LogP contribution in [0.5, 0.6) is 5.75 Å². The van der Waals surface area contributed by atoms with Crippen molar-refractivity contribution >= 4 is 49.4 Å². The van der Waals surface area contributed by atoms with Gasteiger partial charge in [0.15, 0.2) is 11.8 Å². The number of aromatic nitrogens is 2. The van der Waals surface area contributed by atoms with Crippen molar-refractivity contribution in [1.82, 2.24) is 9.55 Å². The van der Waals surface area contributed by atoms with Gasteiger partial charge in [-0.15, -0.1) is 0 Å². The molecule has 1 aliphatic heterocycles. The molecule has 0 aliphatic carbocycles. The molecule has 0 N–H and O–H groups in total. The Balaban J connectivity index is 1.01. The zero-order chi connectivity index (χ0) is 35.8. The molecule has 0 spiro atoms. The maximum absolute atomic E-state index is 6.33. The van der Waals surface area contributed by atoms with Gasteiger partial charge < -0.3 is 18.6 Å². The summed E-state index contributed by atoms with van der Waals surface area (Å²) in [6, 6.07) is 62.4. The molecule has 5 nitrogen and oxygen atoms in total. The van der Waals surface area contributed by atoms with Gasteiger partial charge in [-0.2, -0.15) is 0 Å². The Morgan fingerprint density at radius 1 is 0.519 bits per heavy atom. The molecule has 0 saturated carbocycles. The number of para-hydroxylation sites is 4. The van der Waals surface area contributed by atoms with Crippen LogP contribution in [-0.4, -0.2) is 16.6 Å². The Labute approximate surface area is 311 Å². The normalized spacial score (nSPS) is 13.9. The molecule has 1 aliphatic rings. The molecule has 11 rings (SSSR count). The number of benzene rings is 8. The Morgan fingerprint density at radius 3 is 1.85 bits per heavy atom. The lowest BCUT2D eigenvalue weighted by atomic mass is 9.99. The van der Waals surface area contributed by atoms with Gasteiger partial charge in [0.1, 0.15) is 11.3 Å². The average molecular weight is 696 g/mol. The second-order valence-corrected chi connectivity index (χ2v) is 14.1. The van der Waals surface area contributed by atoms with Crippen LogP contribution in [0.4, 0.5) is 5.69 Å². The molecule has 256 valence electrons. The predicted molar refractivity (Wildman–Crippen MR) is 220 cm³/mol. The number of anilines is 1. The van der Waals surface area contributed by atoms with Crippen molar-refractivity contribution in [3.05, 3.63) is 181 Å². The van der Waals surface area contributed by atoms with E-state index in [0.717, 1.165) is 56.0 Å². The van der Waals surface area contributed by atoms with Crippen LogP contribution >= 0.6 is 0 Å². The number of oxazole rings is 1. The quantitative estimate of drug-likeness (QED) is 0.180. The maximum Gasteiger partial charge on any atom is 0.227 e. The number of fused-ring (bicyclic) bond motifs is 6. The summed E-state index contributed by atoms with van der Waals surface area (Å²) in [6.07, 6.45) is -0.152. The SMILES string of the molecule is CN1c2ccccc2OC1c1ccc(-c2ccc3c(c2)c2cc(-c4ccc(-c5nc6ccccc6o5)cc4)ccc2n3-c2ccc3ccccc3c2)cc1. The van der Waals surface area contributed by atoms with E-state index in [1.54, 1.807) is 0 Å². The molecule has 0 fully saturated rings. The van der Waals surface area contributed by atoms with E-state index in [-0.39, 0.29) is 6.23 Å². The highest BCUT2D eigenvalue weighted by Gasteiger charge is 2.29. The first-order valence-corrected chi connectivity index (χ1v) is 18.3. The average Bonchev–Trinajstić information content (AvgIpc) is 3.92. The molecule has 5 heteroatoms. The van der Waals surface area contributed by atoms with E-state index < -0.39 is 0 Å². The predicted octanol–water partition coefficient (Wildman–Crippen LogP) is 12.6. The largest absolute Gasteiger partial charge is 0.464 e. The number of rotatable bonds is 5. The summed E-state index contributed by atoms with van der Waals surface area (Å²) in [6.45, 7) is 0. The number of ether oxygens (including phenoxy) is 1. The second-order valence-electron chi connectivity index (χ2n) is 14.1. The van der Waals surface area contributed by atoms with Gasteiger partial charge in [-0.05, 0) is 106 Å². The zero-order valence-electron chi connectivity index (χ0n) is 29.5. The third kappa shape index (κ3) is 4.90. The summed E-state index contributed by atoms with van der Waals surface area (Å²) >= 11 is 0. The first-order valence-electron chi connectivity index (χ1n) is 18.3. The molecule has 0 amide bonds. The minimum absolute atomic E-state index is 0.152. The highest BCUT2D eigenvalue weighted by atomic mass is 16.5. The zero-order valence-corrected chi connectivity index (χ0v) is 29.5. The molecule has 54 heavy (non-hydrogen) atoms. The fraction of sp³-hybridized carbons (Fsp3) is 0.0408. The molecule has 0 bridgehead atoms. The number of hydrogen-bond acceptors (Lipinski definition) is 4. The van der Waals surface area contributed by atoms with Crippen LogP contribution in [0.25, 0.3) is 83.1 Å². The van der Waals surface area contributed by atoms with Crippen molar-refractivity contribution in [3.63, 3.8) is 0 Å². The van der Waals surface area contributed by atoms with Gasteiger partial charge >= 0.3 is 0 Å². The van der Waals surface area contributed by atoms with Crippen LogP contribution in [0.2, 0.25) is 0 Å². The van der Waals surface area contributed by atoms with Crippen LogP contribution < -0.4 is 9.64 Å². The maximum atomic E-state index is 6.33. The van der Waals surface area contributed by atoms with Crippen LogP contribution in [0, 0.1) is 0 Å². The fourth-order valence-electron chi connectivity index (χ4n) is 8.08. The monoisotopic (exact) mass is 695 g/mol. The highest BCUT2D eigenvalue weighted by Crippen LogP contribution is 2.43.